The molecule has 0 nitrogen and oxygen atoms in total. The highest BCUT2D eigenvalue weighted by atomic mass is 14.2. The maximum absolute atomic E-state index is 2.30. The smallest absolute Gasteiger partial charge is 0.00666 e. The molecule has 76 valence electrons. The molecule has 0 heterocycles. The fourth-order valence-electron chi connectivity index (χ4n) is 1.79. The Morgan fingerprint density at radius 1 is 1.21 bits per heavy atom. The maximum Gasteiger partial charge on any atom is -0.00666 e. The Bertz CT molecular complexity index is 304. The molecule has 14 heavy (non-hydrogen) atoms. The molecule has 1 aromatic carbocycles. The van der Waals surface area contributed by atoms with Crippen molar-refractivity contribution in [1.82, 2.24) is 0 Å². The van der Waals surface area contributed by atoms with Crippen LogP contribution in [-0.2, 0) is 5.41 Å². The third kappa shape index (κ3) is 2.73. The molecule has 0 saturated carbocycles. The van der Waals surface area contributed by atoms with Gasteiger partial charge >= 0.3 is 0 Å². The van der Waals surface area contributed by atoms with Crippen LogP contribution < -0.4 is 0 Å². The highest BCUT2D eigenvalue weighted by molar-refractivity contribution is 5.25. The summed E-state index contributed by atoms with van der Waals surface area (Å²) in [5.41, 5.74) is 3.12. The average Bonchev–Trinajstić information content (AvgIpc) is 2.18. The van der Waals surface area contributed by atoms with Gasteiger partial charge < -0.3 is 0 Å². The summed E-state index contributed by atoms with van der Waals surface area (Å²) in [4.78, 5) is 0. The fourth-order valence-corrected chi connectivity index (χ4v) is 1.79. The molecule has 0 fully saturated rings. The van der Waals surface area contributed by atoms with E-state index in [-0.39, 0.29) is 5.41 Å². The zero-order chi connectivity index (χ0) is 10.6. The van der Waals surface area contributed by atoms with Crippen LogP contribution in [0.5, 0.6) is 0 Å². The molecule has 0 spiro atoms. The quantitative estimate of drug-likeness (QED) is 0.620. The predicted molar refractivity (Wildman–Crippen MR) is 63.5 cm³/mol. The summed E-state index contributed by atoms with van der Waals surface area (Å²) >= 11 is 0. The van der Waals surface area contributed by atoms with E-state index in [9.17, 15) is 0 Å². The van der Waals surface area contributed by atoms with Crippen LogP contribution in [0, 0.1) is 0 Å². The van der Waals surface area contributed by atoms with E-state index in [1.807, 2.05) is 0 Å². The van der Waals surface area contributed by atoms with Crippen molar-refractivity contribution >= 4 is 0 Å². The van der Waals surface area contributed by atoms with Crippen molar-refractivity contribution in [1.29, 1.82) is 0 Å². The first-order valence-corrected chi connectivity index (χ1v) is 5.23. The van der Waals surface area contributed by atoms with Crippen molar-refractivity contribution in [3.8, 4) is 0 Å². The van der Waals surface area contributed by atoms with Gasteiger partial charge in [-0.3, -0.25) is 0 Å². The molecule has 1 aromatic rings. The normalized spacial score (nSPS) is 13.0. The second kappa shape index (κ2) is 4.45. The summed E-state index contributed by atoms with van der Waals surface area (Å²) < 4.78 is 0. The topological polar surface area (TPSA) is 0 Å². The summed E-state index contributed by atoms with van der Waals surface area (Å²) in [7, 11) is 0. The maximum atomic E-state index is 2.30. The van der Waals surface area contributed by atoms with Crippen molar-refractivity contribution < 1.29 is 0 Å². The van der Waals surface area contributed by atoms with Gasteiger partial charge in [-0.05, 0) is 31.2 Å². The van der Waals surface area contributed by atoms with E-state index in [0.29, 0.717) is 0 Å². The Morgan fingerprint density at radius 2 is 1.79 bits per heavy atom. The molecule has 0 heteroatoms. The minimum atomic E-state index is 0.248. The largest absolute Gasteiger partial charge is 0.0887 e. The van der Waals surface area contributed by atoms with E-state index in [1.165, 1.54) is 11.1 Å². The number of hydrogen-bond donors (Lipinski definition) is 0. The zero-order valence-corrected chi connectivity index (χ0v) is 9.67. The van der Waals surface area contributed by atoms with Crippen LogP contribution in [-0.4, -0.2) is 0 Å². The number of rotatable bonds is 3. The van der Waals surface area contributed by atoms with E-state index in [2.05, 4.69) is 64.1 Å². The van der Waals surface area contributed by atoms with Crippen LogP contribution in [0.4, 0.5) is 0 Å². The summed E-state index contributed by atoms with van der Waals surface area (Å²) in [6, 6.07) is 10.7. The Balaban J connectivity index is 2.86. The molecule has 0 amide bonds. The van der Waals surface area contributed by atoms with Gasteiger partial charge in [-0.15, -0.1) is 0 Å². The lowest BCUT2D eigenvalue weighted by atomic mass is 9.79. The van der Waals surface area contributed by atoms with E-state index < -0.39 is 0 Å². The lowest BCUT2D eigenvalue weighted by Crippen LogP contribution is -2.17. The van der Waals surface area contributed by atoms with Gasteiger partial charge in [0, 0.05) is 0 Å². The van der Waals surface area contributed by atoms with Crippen LogP contribution in [0.2, 0.25) is 0 Å². The number of allylic oxidation sites excluding steroid dienone is 2. The van der Waals surface area contributed by atoms with Gasteiger partial charge in [0.05, 0.1) is 0 Å². The first-order chi connectivity index (χ1) is 6.56. The Labute approximate surface area is 87.7 Å². The van der Waals surface area contributed by atoms with Crippen LogP contribution in [0.1, 0.15) is 39.7 Å². The minimum absolute atomic E-state index is 0.248. The average molecular weight is 188 g/mol. The third-order valence-corrected chi connectivity index (χ3v) is 2.77. The summed E-state index contributed by atoms with van der Waals surface area (Å²) in [6.07, 6.45) is 3.33. The van der Waals surface area contributed by atoms with Crippen LogP contribution in [0.25, 0.3) is 0 Å². The first-order valence-electron chi connectivity index (χ1n) is 5.23. The lowest BCUT2D eigenvalue weighted by Gasteiger charge is -2.25. The summed E-state index contributed by atoms with van der Waals surface area (Å²) in [5, 5.41) is 0. The summed E-state index contributed by atoms with van der Waals surface area (Å²) in [6.45, 7) is 8.91. The molecule has 0 aliphatic heterocycles. The monoisotopic (exact) mass is 188 g/mol. The van der Waals surface area contributed by atoms with Crippen LogP contribution in [0.15, 0.2) is 42.0 Å². The fraction of sp³-hybridized carbons (Fsp3) is 0.429. The lowest BCUT2D eigenvalue weighted by molar-refractivity contribution is 0.519. The van der Waals surface area contributed by atoms with Crippen molar-refractivity contribution in [3.05, 3.63) is 47.5 Å². The minimum Gasteiger partial charge on any atom is -0.0887 e. The van der Waals surface area contributed by atoms with E-state index in [1.54, 1.807) is 0 Å². The molecule has 0 aliphatic rings. The molecule has 0 saturated heterocycles. The van der Waals surface area contributed by atoms with Gasteiger partial charge in [-0.25, -0.2) is 0 Å². The Morgan fingerprint density at radius 3 is 2.29 bits per heavy atom. The zero-order valence-electron chi connectivity index (χ0n) is 9.67. The molecule has 0 atom stereocenters. The highest BCUT2D eigenvalue weighted by Crippen LogP contribution is 2.29. The molecule has 0 bridgehead atoms. The predicted octanol–water partition coefficient (Wildman–Crippen LogP) is 4.32. The standard InChI is InChI=1S/C14H20/c1-5-12(2)11-14(3,4)13-9-7-6-8-10-13/h5-10H,11H2,1-4H3/b12-5+. The number of hydrogen-bond acceptors (Lipinski definition) is 0. The highest BCUT2D eigenvalue weighted by Gasteiger charge is 2.19. The van der Waals surface area contributed by atoms with Crippen molar-refractivity contribution in [2.75, 3.05) is 0 Å². The molecule has 0 radical (unpaired) electrons. The molecule has 0 unspecified atom stereocenters. The van der Waals surface area contributed by atoms with Gasteiger partial charge in [0.2, 0.25) is 0 Å². The Kier molecular flexibility index (Phi) is 3.51. The van der Waals surface area contributed by atoms with Crippen LogP contribution >= 0.6 is 0 Å². The summed E-state index contributed by atoms with van der Waals surface area (Å²) in [5.74, 6) is 0. The van der Waals surface area contributed by atoms with Crippen molar-refractivity contribution in [2.45, 2.75) is 39.5 Å². The molecule has 0 N–H and O–H groups in total. The number of benzene rings is 1. The third-order valence-electron chi connectivity index (χ3n) is 2.77. The van der Waals surface area contributed by atoms with Gasteiger partial charge in [-0.1, -0.05) is 55.8 Å². The van der Waals surface area contributed by atoms with Gasteiger partial charge in [0.15, 0.2) is 0 Å². The van der Waals surface area contributed by atoms with Gasteiger partial charge in [0.25, 0.3) is 0 Å². The van der Waals surface area contributed by atoms with Crippen molar-refractivity contribution in [2.24, 2.45) is 0 Å². The first kappa shape index (κ1) is 11.0. The van der Waals surface area contributed by atoms with E-state index >= 15 is 0 Å². The van der Waals surface area contributed by atoms with E-state index in [0.717, 1.165) is 6.42 Å². The SMILES string of the molecule is C/C=C(\C)CC(C)(C)c1ccccc1. The second-order valence-corrected chi connectivity index (χ2v) is 4.56. The molecular weight excluding hydrogens is 168 g/mol. The molecule has 1 rings (SSSR count). The molecular formula is C14H20. The molecule has 0 aliphatic carbocycles. The Hall–Kier alpha value is -1.04. The van der Waals surface area contributed by atoms with Crippen LogP contribution in [0.3, 0.4) is 0 Å². The van der Waals surface area contributed by atoms with Crippen molar-refractivity contribution in [3.63, 3.8) is 0 Å². The second-order valence-electron chi connectivity index (χ2n) is 4.56. The van der Waals surface area contributed by atoms with Gasteiger partial charge in [-0.2, -0.15) is 0 Å². The molecule has 0 aromatic heterocycles. The van der Waals surface area contributed by atoms with Gasteiger partial charge in [0.1, 0.15) is 0 Å². The van der Waals surface area contributed by atoms with E-state index in [4.69, 9.17) is 0 Å².